The van der Waals surface area contributed by atoms with Crippen LogP contribution in [0.25, 0.3) is 17.0 Å². The van der Waals surface area contributed by atoms with E-state index in [-0.39, 0.29) is 22.3 Å². The summed E-state index contributed by atoms with van der Waals surface area (Å²) in [6.45, 7) is 6.39. The van der Waals surface area contributed by atoms with E-state index >= 15 is 0 Å². The smallest absolute Gasteiger partial charge is 0.336 e. The number of benzene rings is 3. The van der Waals surface area contributed by atoms with Gasteiger partial charge in [-0.25, -0.2) is 4.79 Å². The maximum atomic E-state index is 12.8. The van der Waals surface area contributed by atoms with Crippen LogP contribution in [0.15, 0.2) is 94.3 Å². The minimum absolute atomic E-state index is 0.0268. The van der Waals surface area contributed by atoms with Crippen LogP contribution in [0.4, 0.5) is 0 Å². The first kappa shape index (κ1) is 22.1. The van der Waals surface area contributed by atoms with Gasteiger partial charge in [-0.05, 0) is 46.9 Å². The molecule has 0 amide bonds. The van der Waals surface area contributed by atoms with Crippen molar-refractivity contribution < 1.29 is 18.7 Å². The zero-order valence-electron chi connectivity index (χ0n) is 18.7. The van der Waals surface area contributed by atoms with Gasteiger partial charge in [0.25, 0.3) is 0 Å². The van der Waals surface area contributed by atoms with E-state index in [1.54, 1.807) is 18.2 Å². The minimum atomic E-state index is -0.529. The summed E-state index contributed by atoms with van der Waals surface area (Å²) in [5.41, 5.74) is 2.07. The van der Waals surface area contributed by atoms with E-state index in [4.69, 9.17) is 13.9 Å². The SMILES string of the molecule is CC(C)(C)c1ccc(Oc2coc3cc(OC(=O)C=Cc4ccccc4)ccc3c2=O)cc1. The van der Waals surface area contributed by atoms with Gasteiger partial charge in [0.2, 0.25) is 11.2 Å². The molecule has 166 valence electrons. The summed E-state index contributed by atoms with van der Waals surface area (Å²) in [5.74, 6) is 0.381. The van der Waals surface area contributed by atoms with Crippen molar-refractivity contribution in [2.45, 2.75) is 26.2 Å². The Morgan fingerprint density at radius 2 is 1.61 bits per heavy atom. The molecule has 0 N–H and O–H groups in total. The van der Waals surface area contributed by atoms with Crippen LogP contribution in [0.5, 0.6) is 17.2 Å². The molecule has 0 saturated carbocycles. The molecular formula is C28H24O5. The standard InChI is InChI=1S/C28H24O5/c1-28(2,3)20-10-12-21(13-11-20)32-25-18-31-24-17-22(14-15-23(24)27(25)30)33-26(29)16-9-19-7-5-4-6-8-19/h4-18H,1-3H3. The Hall–Kier alpha value is -4.12. The van der Waals surface area contributed by atoms with Gasteiger partial charge < -0.3 is 13.9 Å². The van der Waals surface area contributed by atoms with E-state index in [0.29, 0.717) is 16.7 Å². The highest BCUT2D eigenvalue weighted by Gasteiger charge is 2.14. The van der Waals surface area contributed by atoms with Crippen molar-refractivity contribution >= 4 is 23.0 Å². The maximum absolute atomic E-state index is 12.8. The maximum Gasteiger partial charge on any atom is 0.336 e. The molecule has 0 unspecified atom stereocenters. The van der Waals surface area contributed by atoms with E-state index in [1.807, 2.05) is 54.6 Å². The third kappa shape index (κ3) is 5.39. The second kappa shape index (κ2) is 9.17. The van der Waals surface area contributed by atoms with E-state index in [9.17, 15) is 9.59 Å². The summed E-state index contributed by atoms with van der Waals surface area (Å²) in [5, 5.41) is 0.332. The van der Waals surface area contributed by atoms with Gasteiger partial charge in [-0.15, -0.1) is 0 Å². The normalized spacial score (nSPS) is 11.6. The number of hydrogen-bond acceptors (Lipinski definition) is 5. The van der Waals surface area contributed by atoms with Crippen molar-refractivity contribution in [1.29, 1.82) is 0 Å². The van der Waals surface area contributed by atoms with Gasteiger partial charge in [-0.2, -0.15) is 0 Å². The van der Waals surface area contributed by atoms with Gasteiger partial charge in [0.05, 0.1) is 5.39 Å². The topological polar surface area (TPSA) is 65.7 Å². The first-order valence-electron chi connectivity index (χ1n) is 10.6. The first-order valence-corrected chi connectivity index (χ1v) is 10.6. The van der Waals surface area contributed by atoms with Crippen molar-refractivity contribution in [2.75, 3.05) is 0 Å². The molecule has 0 aliphatic carbocycles. The Labute approximate surface area is 191 Å². The molecule has 0 bridgehead atoms. The lowest BCUT2D eigenvalue weighted by atomic mass is 9.87. The van der Waals surface area contributed by atoms with Gasteiger partial charge in [0.1, 0.15) is 23.3 Å². The van der Waals surface area contributed by atoms with Crippen LogP contribution < -0.4 is 14.9 Å². The molecular weight excluding hydrogens is 416 g/mol. The predicted octanol–water partition coefficient (Wildman–Crippen LogP) is 6.50. The molecule has 5 heteroatoms. The molecule has 0 spiro atoms. The summed E-state index contributed by atoms with van der Waals surface area (Å²) in [6.07, 6.45) is 4.28. The van der Waals surface area contributed by atoms with Gasteiger partial charge in [-0.3, -0.25) is 4.79 Å². The number of rotatable bonds is 5. The van der Waals surface area contributed by atoms with Crippen LogP contribution in [0, 0.1) is 0 Å². The molecule has 0 saturated heterocycles. The van der Waals surface area contributed by atoms with Crippen molar-refractivity contribution in [1.82, 2.24) is 0 Å². The highest BCUT2D eigenvalue weighted by molar-refractivity contribution is 5.89. The Morgan fingerprint density at radius 1 is 0.909 bits per heavy atom. The molecule has 1 aromatic heterocycles. The molecule has 4 rings (SSSR count). The fourth-order valence-corrected chi connectivity index (χ4v) is 3.25. The van der Waals surface area contributed by atoms with Gasteiger partial charge in [0.15, 0.2) is 0 Å². The van der Waals surface area contributed by atoms with Gasteiger partial charge >= 0.3 is 5.97 Å². The number of fused-ring (bicyclic) bond motifs is 1. The number of ether oxygens (including phenoxy) is 2. The highest BCUT2D eigenvalue weighted by atomic mass is 16.5. The number of carbonyl (C=O) groups excluding carboxylic acids is 1. The van der Waals surface area contributed by atoms with Crippen LogP contribution in [0.3, 0.4) is 0 Å². The Balaban J connectivity index is 1.50. The lowest BCUT2D eigenvalue weighted by Crippen LogP contribution is -2.10. The summed E-state index contributed by atoms with van der Waals surface area (Å²) >= 11 is 0. The average molecular weight is 440 g/mol. The van der Waals surface area contributed by atoms with E-state index in [1.165, 1.54) is 24.0 Å². The number of carbonyl (C=O) groups is 1. The summed E-state index contributed by atoms with van der Waals surface area (Å²) < 4.78 is 16.7. The first-order chi connectivity index (χ1) is 15.8. The quantitative estimate of drug-likeness (QED) is 0.201. The predicted molar refractivity (Wildman–Crippen MR) is 129 cm³/mol. The Morgan fingerprint density at radius 3 is 2.30 bits per heavy atom. The molecule has 0 radical (unpaired) electrons. The lowest BCUT2D eigenvalue weighted by Gasteiger charge is -2.19. The fourth-order valence-electron chi connectivity index (χ4n) is 3.25. The van der Waals surface area contributed by atoms with Crippen molar-refractivity contribution in [2.24, 2.45) is 0 Å². The molecule has 0 aliphatic rings. The molecule has 3 aromatic carbocycles. The monoisotopic (exact) mass is 440 g/mol. The Kier molecular flexibility index (Phi) is 6.13. The molecule has 0 fully saturated rings. The van der Waals surface area contributed by atoms with Gasteiger partial charge in [0, 0.05) is 12.1 Å². The highest BCUT2D eigenvalue weighted by Crippen LogP contribution is 2.27. The second-order valence-corrected chi connectivity index (χ2v) is 8.63. The van der Waals surface area contributed by atoms with Crippen molar-refractivity contribution in [3.8, 4) is 17.2 Å². The fraction of sp³-hybridized carbons (Fsp3) is 0.143. The lowest BCUT2D eigenvalue weighted by molar-refractivity contribution is -0.128. The summed E-state index contributed by atoms with van der Waals surface area (Å²) in [7, 11) is 0. The molecule has 5 nitrogen and oxygen atoms in total. The zero-order chi connectivity index (χ0) is 23.4. The third-order valence-electron chi connectivity index (χ3n) is 5.09. The number of hydrogen-bond donors (Lipinski definition) is 0. The van der Waals surface area contributed by atoms with Gasteiger partial charge in [-0.1, -0.05) is 63.2 Å². The van der Waals surface area contributed by atoms with E-state index < -0.39 is 5.97 Å². The Bertz CT molecular complexity index is 1360. The third-order valence-corrected chi connectivity index (χ3v) is 5.09. The second-order valence-electron chi connectivity index (χ2n) is 8.63. The van der Waals surface area contributed by atoms with E-state index in [0.717, 1.165) is 5.56 Å². The van der Waals surface area contributed by atoms with Crippen LogP contribution in [0.1, 0.15) is 31.9 Å². The van der Waals surface area contributed by atoms with Crippen LogP contribution in [-0.2, 0) is 10.2 Å². The molecule has 0 atom stereocenters. The molecule has 1 heterocycles. The number of esters is 1. The van der Waals surface area contributed by atoms with Crippen molar-refractivity contribution in [3.63, 3.8) is 0 Å². The molecule has 33 heavy (non-hydrogen) atoms. The van der Waals surface area contributed by atoms with Crippen LogP contribution in [0.2, 0.25) is 0 Å². The van der Waals surface area contributed by atoms with Crippen LogP contribution >= 0.6 is 0 Å². The summed E-state index contributed by atoms with van der Waals surface area (Å²) in [4.78, 5) is 25.0. The minimum Gasteiger partial charge on any atom is -0.460 e. The molecule has 0 aliphatic heterocycles. The van der Waals surface area contributed by atoms with Crippen molar-refractivity contribution in [3.05, 3.63) is 106 Å². The van der Waals surface area contributed by atoms with Crippen LogP contribution in [-0.4, -0.2) is 5.97 Å². The summed E-state index contributed by atoms with van der Waals surface area (Å²) in [6, 6.07) is 21.7. The zero-order valence-corrected chi connectivity index (χ0v) is 18.7. The largest absolute Gasteiger partial charge is 0.460 e. The molecule has 4 aromatic rings. The van der Waals surface area contributed by atoms with E-state index in [2.05, 4.69) is 20.8 Å². The average Bonchev–Trinajstić information content (AvgIpc) is 2.80.